The Morgan fingerprint density at radius 1 is 0.944 bits per heavy atom. The highest BCUT2D eigenvalue weighted by atomic mass is 16.4. The molecule has 0 aromatic carbocycles. The molecule has 0 amide bonds. The number of aliphatic hydroxyl groups is 6. The van der Waals surface area contributed by atoms with Crippen LogP contribution in [0.15, 0.2) is 23.3 Å². The van der Waals surface area contributed by atoms with E-state index in [0.717, 1.165) is 32.1 Å². The van der Waals surface area contributed by atoms with Gasteiger partial charge in [-0.15, -0.1) is 0 Å². The maximum Gasteiger partial charge on any atom is 0.109 e. The van der Waals surface area contributed by atoms with Gasteiger partial charge in [0.2, 0.25) is 0 Å². The minimum Gasteiger partial charge on any atom is -0.393 e. The van der Waals surface area contributed by atoms with Crippen molar-refractivity contribution in [2.45, 2.75) is 130 Å². The van der Waals surface area contributed by atoms with Crippen LogP contribution in [0, 0.1) is 34.5 Å². The summed E-state index contributed by atoms with van der Waals surface area (Å²) in [4.78, 5) is 0. The van der Waals surface area contributed by atoms with Crippen LogP contribution in [-0.2, 0) is 0 Å². The zero-order chi connectivity index (χ0) is 27.4. The third-order valence-electron chi connectivity index (χ3n) is 10.8. The van der Waals surface area contributed by atoms with Gasteiger partial charge in [-0.25, -0.2) is 0 Å². The minimum atomic E-state index is -1.73. The molecule has 11 unspecified atom stereocenters. The highest BCUT2D eigenvalue weighted by Crippen LogP contribution is 2.66. The number of allylic oxidation sites excluding steroid dienone is 3. The molecule has 4 aliphatic rings. The van der Waals surface area contributed by atoms with Crippen LogP contribution in [0.3, 0.4) is 0 Å². The molecule has 36 heavy (non-hydrogen) atoms. The maximum absolute atomic E-state index is 11.7. The lowest BCUT2D eigenvalue weighted by molar-refractivity contribution is -0.201. The summed E-state index contributed by atoms with van der Waals surface area (Å²) in [6.07, 6.45) is 5.21. The van der Waals surface area contributed by atoms with Crippen LogP contribution >= 0.6 is 0 Å². The molecule has 4 aliphatic carbocycles. The zero-order valence-electron chi connectivity index (χ0n) is 23.7. The van der Waals surface area contributed by atoms with Crippen LogP contribution in [0.4, 0.5) is 0 Å². The van der Waals surface area contributed by atoms with E-state index in [1.54, 1.807) is 20.8 Å². The van der Waals surface area contributed by atoms with Crippen molar-refractivity contribution in [1.29, 1.82) is 0 Å². The summed E-state index contributed by atoms with van der Waals surface area (Å²) in [5, 5.41) is 65.6. The summed E-state index contributed by atoms with van der Waals surface area (Å²) in [6.45, 7) is 14.8. The molecular formula is C30H52O6. The molecule has 6 heteroatoms. The van der Waals surface area contributed by atoms with Gasteiger partial charge in [-0.1, -0.05) is 57.9 Å². The molecular weight excluding hydrogens is 456 g/mol. The summed E-state index contributed by atoms with van der Waals surface area (Å²) >= 11 is 0. The second-order valence-corrected chi connectivity index (χ2v) is 13.2. The van der Waals surface area contributed by atoms with Gasteiger partial charge in [-0.05, 0) is 82.0 Å². The molecule has 3 fully saturated rings. The molecule has 0 spiro atoms. The molecule has 0 aromatic rings. The van der Waals surface area contributed by atoms with Gasteiger partial charge in [-0.3, -0.25) is 0 Å². The molecule has 6 N–H and O–H groups in total. The van der Waals surface area contributed by atoms with Crippen LogP contribution < -0.4 is 0 Å². The second-order valence-electron chi connectivity index (χ2n) is 13.2. The van der Waals surface area contributed by atoms with Crippen LogP contribution in [0.25, 0.3) is 0 Å². The number of aliphatic hydroxyl groups excluding tert-OH is 4. The quantitative estimate of drug-likeness (QED) is 0.337. The van der Waals surface area contributed by atoms with E-state index in [9.17, 15) is 30.6 Å². The lowest BCUT2D eigenvalue weighted by atomic mass is 9.49. The average Bonchev–Trinajstić information content (AvgIpc) is 3.09. The summed E-state index contributed by atoms with van der Waals surface area (Å²) in [6, 6.07) is 0. The normalized spacial score (nSPS) is 42.2. The Labute approximate surface area is 218 Å². The number of fused-ring (bicyclic) bond motifs is 5. The van der Waals surface area contributed by atoms with Crippen LogP contribution in [0.5, 0.6) is 0 Å². The van der Waals surface area contributed by atoms with Gasteiger partial charge < -0.3 is 30.6 Å². The Morgan fingerprint density at radius 2 is 1.56 bits per heavy atom. The van der Waals surface area contributed by atoms with Crippen molar-refractivity contribution >= 4 is 0 Å². The highest BCUT2D eigenvalue weighted by Gasteiger charge is 2.64. The molecule has 0 radical (unpaired) electrons. The van der Waals surface area contributed by atoms with Gasteiger partial charge in [0.25, 0.3) is 0 Å². The van der Waals surface area contributed by atoms with Crippen molar-refractivity contribution in [2.75, 3.05) is 0 Å². The molecule has 0 heterocycles. The number of rotatable bonds is 5. The standard InChI is InChI=1S/C28H46O6.C2H6/c1-15(25(2,3)33)22(31)24(32)28(6,34)23-21(30)14-20-18-8-7-16-13-17(29)9-11-26(16,4)19(18)10-12-27(20,23)5;1-2/h7-8,15,17,19-24,29-34H,9-14H2,1-6H3;1-2H3. The van der Waals surface area contributed by atoms with Gasteiger partial charge in [0.1, 0.15) is 6.10 Å². The molecule has 11 atom stereocenters. The summed E-state index contributed by atoms with van der Waals surface area (Å²) < 4.78 is 0. The summed E-state index contributed by atoms with van der Waals surface area (Å²) in [7, 11) is 0. The fourth-order valence-electron chi connectivity index (χ4n) is 8.28. The third kappa shape index (κ3) is 4.65. The largest absolute Gasteiger partial charge is 0.393 e. The molecule has 208 valence electrons. The van der Waals surface area contributed by atoms with E-state index in [1.807, 2.05) is 13.8 Å². The van der Waals surface area contributed by atoms with E-state index in [-0.39, 0.29) is 17.4 Å². The Kier molecular flexibility index (Phi) is 8.35. The monoisotopic (exact) mass is 508 g/mol. The van der Waals surface area contributed by atoms with Crippen LogP contribution in [-0.4, -0.2) is 66.3 Å². The van der Waals surface area contributed by atoms with Crippen molar-refractivity contribution < 1.29 is 30.6 Å². The molecule has 0 bridgehead atoms. The van der Waals surface area contributed by atoms with Crippen molar-refractivity contribution in [2.24, 2.45) is 34.5 Å². The van der Waals surface area contributed by atoms with Crippen molar-refractivity contribution in [3.8, 4) is 0 Å². The van der Waals surface area contributed by atoms with Crippen molar-refractivity contribution in [3.05, 3.63) is 23.3 Å². The lowest BCUT2D eigenvalue weighted by Crippen LogP contribution is -2.61. The van der Waals surface area contributed by atoms with E-state index >= 15 is 0 Å². The predicted molar refractivity (Wildman–Crippen MR) is 142 cm³/mol. The van der Waals surface area contributed by atoms with Crippen LogP contribution in [0.1, 0.15) is 93.9 Å². The van der Waals surface area contributed by atoms with Gasteiger partial charge >= 0.3 is 0 Å². The smallest absolute Gasteiger partial charge is 0.109 e. The molecule has 0 aliphatic heterocycles. The van der Waals surface area contributed by atoms with Crippen molar-refractivity contribution in [3.63, 3.8) is 0 Å². The van der Waals surface area contributed by atoms with E-state index in [2.05, 4.69) is 26.0 Å². The Hall–Kier alpha value is -0.760. The second kappa shape index (κ2) is 10.1. The Bertz CT molecular complexity index is 856. The van der Waals surface area contributed by atoms with Crippen molar-refractivity contribution in [1.82, 2.24) is 0 Å². The fraction of sp³-hybridized carbons (Fsp3) is 0.867. The van der Waals surface area contributed by atoms with E-state index < -0.39 is 46.8 Å². The Balaban J connectivity index is 0.00000176. The van der Waals surface area contributed by atoms with E-state index in [1.165, 1.54) is 18.1 Å². The first kappa shape index (κ1) is 29.8. The first-order chi connectivity index (χ1) is 16.5. The lowest BCUT2D eigenvalue weighted by Gasteiger charge is -2.56. The molecule has 0 saturated heterocycles. The maximum atomic E-state index is 11.7. The summed E-state index contributed by atoms with van der Waals surface area (Å²) in [5.74, 6) is -0.843. The molecule has 4 rings (SSSR count). The molecule has 3 saturated carbocycles. The fourth-order valence-corrected chi connectivity index (χ4v) is 8.28. The molecule has 6 nitrogen and oxygen atoms in total. The predicted octanol–water partition coefficient (Wildman–Crippen LogP) is 3.72. The number of hydrogen-bond acceptors (Lipinski definition) is 6. The zero-order valence-corrected chi connectivity index (χ0v) is 23.7. The SMILES string of the molecule is CC.CC(C(O)C(O)C(C)(O)C1C(O)CC2C3=CC=C4CC(O)CCC4(C)C3CCC21C)C(C)(C)O. The van der Waals surface area contributed by atoms with E-state index in [4.69, 9.17) is 0 Å². The van der Waals surface area contributed by atoms with Gasteiger partial charge in [0.05, 0.1) is 29.5 Å². The minimum absolute atomic E-state index is 0.0219. The number of hydrogen-bond donors (Lipinski definition) is 6. The first-order valence-electron chi connectivity index (χ1n) is 14.1. The topological polar surface area (TPSA) is 121 Å². The van der Waals surface area contributed by atoms with Gasteiger partial charge in [-0.2, -0.15) is 0 Å². The third-order valence-corrected chi connectivity index (χ3v) is 10.8. The Morgan fingerprint density at radius 3 is 2.14 bits per heavy atom. The van der Waals surface area contributed by atoms with Gasteiger partial charge in [0, 0.05) is 11.8 Å². The highest BCUT2D eigenvalue weighted by molar-refractivity contribution is 5.39. The average molecular weight is 509 g/mol. The first-order valence-corrected chi connectivity index (χ1v) is 14.1. The molecule has 0 aromatic heterocycles. The van der Waals surface area contributed by atoms with E-state index in [0.29, 0.717) is 12.3 Å². The van der Waals surface area contributed by atoms with Gasteiger partial charge in [0.15, 0.2) is 0 Å². The summed E-state index contributed by atoms with van der Waals surface area (Å²) in [5.41, 5.74) is -0.717. The van der Waals surface area contributed by atoms with Crippen LogP contribution in [0.2, 0.25) is 0 Å².